The number of hydrogen-bond donors (Lipinski definition) is 0. The fourth-order valence-electron chi connectivity index (χ4n) is 6.05. The van der Waals surface area contributed by atoms with Crippen LogP contribution < -0.4 is 0 Å². The number of carbonyl (C=O) groups excluding carboxylic acids is 1. The van der Waals surface area contributed by atoms with E-state index in [2.05, 4.69) is 40.7 Å². The third kappa shape index (κ3) is 2.26. The largest absolute Gasteiger partial charge is 0.294 e. The fourth-order valence-corrected chi connectivity index (χ4v) is 6.05. The summed E-state index contributed by atoms with van der Waals surface area (Å²) in [6.07, 6.45) is 5.50. The lowest BCUT2D eigenvalue weighted by Crippen LogP contribution is -2.50. The highest BCUT2D eigenvalue weighted by Crippen LogP contribution is 2.64. The Morgan fingerprint density at radius 3 is 2.19 bits per heavy atom. The van der Waals surface area contributed by atoms with E-state index in [1.807, 2.05) is 0 Å². The van der Waals surface area contributed by atoms with Gasteiger partial charge in [-0.05, 0) is 48.3 Å². The number of nitrogens with zero attached hydrogens (tertiary/aromatic N) is 1. The molecule has 2 atom stereocenters. The van der Waals surface area contributed by atoms with E-state index in [0.717, 1.165) is 37.7 Å². The molecule has 0 saturated heterocycles. The summed E-state index contributed by atoms with van der Waals surface area (Å²) >= 11 is 0. The molecule has 1 saturated carbocycles. The van der Waals surface area contributed by atoms with Gasteiger partial charge in [0.1, 0.15) is 0 Å². The Hall–Kier alpha value is -1.10. The molecule has 2 bridgehead atoms. The molecule has 3 rings (SSSR count). The van der Waals surface area contributed by atoms with Gasteiger partial charge in [-0.2, -0.15) is 5.26 Å². The topological polar surface area (TPSA) is 40.9 Å². The van der Waals surface area contributed by atoms with E-state index in [0.29, 0.717) is 6.42 Å². The van der Waals surface area contributed by atoms with Crippen molar-refractivity contribution < 1.29 is 4.79 Å². The normalized spacial score (nSPS) is 40.5. The molecule has 3 aliphatic rings. The van der Waals surface area contributed by atoms with Crippen LogP contribution in [0.2, 0.25) is 0 Å². The third-order valence-corrected chi connectivity index (χ3v) is 5.71. The molecule has 0 N–H and O–H groups in total. The predicted octanol–water partition coefficient (Wildman–Crippen LogP) is 4.80. The second-order valence-corrected chi connectivity index (χ2v) is 9.80. The van der Waals surface area contributed by atoms with Crippen LogP contribution in [0.4, 0.5) is 0 Å². The molecule has 1 fully saturated rings. The van der Waals surface area contributed by atoms with Gasteiger partial charge in [0.05, 0.1) is 11.5 Å². The van der Waals surface area contributed by atoms with Crippen molar-refractivity contribution in [2.45, 2.75) is 73.1 Å². The van der Waals surface area contributed by atoms with Crippen molar-refractivity contribution in [1.82, 2.24) is 0 Å². The fraction of sp³-hybridized carbons (Fsp3) is 0.789. The number of hydrogen-bond acceptors (Lipinski definition) is 2. The van der Waals surface area contributed by atoms with Gasteiger partial charge in [0, 0.05) is 12.0 Å². The van der Waals surface area contributed by atoms with Crippen LogP contribution in [0, 0.1) is 33.0 Å². The Labute approximate surface area is 128 Å². The molecule has 3 aliphatic carbocycles. The minimum atomic E-state index is -0.516. The van der Waals surface area contributed by atoms with Crippen LogP contribution in [-0.4, -0.2) is 5.78 Å². The number of allylic oxidation sites excluding steroid dienone is 2. The van der Waals surface area contributed by atoms with Crippen LogP contribution in [0.15, 0.2) is 11.1 Å². The first kappa shape index (κ1) is 14.8. The maximum absolute atomic E-state index is 12.8. The predicted molar refractivity (Wildman–Crippen MR) is 83.5 cm³/mol. The number of fused-ring (bicyclic) bond motifs is 3. The van der Waals surface area contributed by atoms with Crippen molar-refractivity contribution in [2.24, 2.45) is 21.7 Å². The zero-order chi connectivity index (χ0) is 15.7. The minimum Gasteiger partial charge on any atom is -0.294 e. The molecule has 2 heteroatoms. The Morgan fingerprint density at radius 1 is 0.905 bits per heavy atom. The van der Waals surface area contributed by atoms with E-state index in [-0.39, 0.29) is 22.0 Å². The van der Waals surface area contributed by atoms with Gasteiger partial charge in [-0.15, -0.1) is 0 Å². The molecule has 2 nitrogen and oxygen atoms in total. The molecule has 21 heavy (non-hydrogen) atoms. The highest BCUT2D eigenvalue weighted by atomic mass is 16.1. The van der Waals surface area contributed by atoms with Gasteiger partial charge in [-0.3, -0.25) is 4.79 Å². The summed E-state index contributed by atoms with van der Waals surface area (Å²) in [5.41, 5.74) is 2.11. The van der Waals surface area contributed by atoms with E-state index in [9.17, 15) is 10.1 Å². The summed E-state index contributed by atoms with van der Waals surface area (Å²) in [6, 6.07) is 2.61. The lowest BCUT2D eigenvalue weighted by molar-refractivity contribution is -0.120. The molecular weight excluding hydrogens is 258 g/mol. The van der Waals surface area contributed by atoms with Gasteiger partial charge >= 0.3 is 0 Å². The van der Waals surface area contributed by atoms with Gasteiger partial charge in [-0.1, -0.05) is 40.2 Å². The monoisotopic (exact) mass is 285 g/mol. The second-order valence-electron chi connectivity index (χ2n) is 9.80. The second kappa shape index (κ2) is 4.00. The van der Waals surface area contributed by atoms with Crippen molar-refractivity contribution in [3.63, 3.8) is 0 Å². The molecule has 0 radical (unpaired) electrons. The van der Waals surface area contributed by atoms with Crippen LogP contribution in [0.25, 0.3) is 0 Å². The maximum atomic E-state index is 12.8. The molecule has 0 aromatic carbocycles. The summed E-state index contributed by atoms with van der Waals surface area (Å²) in [5.74, 6) is 0.252. The number of nitriles is 1. The average Bonchev–Trinajstić information content (AvgIpc) is 2.21. The van der Waals surface area contributed by atoms with Crippen molar-refractivity contribution in [3.8, 4) is 6.07 Å². The van der Waals surface area contributed by atoms with Crippen LogP contribution in [0.1, 0.15) is 73.1 Å². The number of ketones is 1. The molecule has 0 amide bonds. The molecule has 0 spiro atoms. The zero-order valence-electron chi connectivity index (χ0n) is 14.1. The molecule has 0 unspecified atom stereocenters. The summed E-state index contributed by atoms with van der Waals surface area (Å²) in [6.45, 7) is 11.2. The minimum absolute atomic E-state index is 0.0596. The van der Waals surface area contributed by atoms with Crippen LogP contribution in [0.3, 0.4) is 0 Å². The van der Waals surface area contributed by atoms with Gasteiger partial charge in [0.25, 0.3) is 0 Å². The van der Waals surface area contributed by atoms with Crippen molar-refractivity contribution in [3.05, 3.63) is 11.1 Å². The lowest BCUT2D eigenvalue weighted by Gasteiger charge is -2.56. The molecule has 0 aromatic rings. The molecule has 0 aromatic heterocycles. The Kier molecular flexibility index (Phi) is 2.82. The first-order valence-corrected chi connectivity index (χ1v) is 8.17. The lowest BCUT2D eigenvalue weighted by atomic mass is 9.46. The van der Waals surface area contributed by atoms with Gasteiger partial charge in [0.2, 0.25) is 0 Å². The highest BCUT2D eigenvalue weighted by molar-refractivity contribution is 5.99. The van der Waals surface area contributed by atoms with E-state index < -0.39 is 5.41 Å². The number of rotatable bonds is 0. The SMILES string of the molecule is CC1(C)CC(=O)C2=C(C1)C[C@]1(C)CC(C)(C)C[C@]2(C#N)C1. The Morgan fingerprint density at radius 2 is 1.57 bits per heavy atom. The molecule has 114 valence electrons. The van der Waals surface area contributed by atoms with Gasteiger partial charge in [0.15, 0.2) is 5.78 Å². The third-order valence-electron chi connectivity index (χ3n) is 5.71. The van der Waals surface area contributed by atoms with Gasteiger partial charge in [-0.25, -0.2) is 0 Å². The smallest absolute Gasteiger partial charge is 0.160 e. The average molecular weight is 285 g/mol. The first-order chi connectivity index (χ1) is 9.50. The summed E-state index contributed by atoms with van der Waals surface area (Å²) in [5, 5.41) is 9.99. The van der Waals surface area contributed by atoms with Crippen LogP contribution in [0.5, 0.6) is 0 Å². The highest BCUT2D eigenvalue weighted by Gasteiger charge is 2.58. The summed E-state index contributed by atoms with van der Waals surface area (Å²) < 4.78 is 0. The van der Waals surface area contributed by atoms with E-state index in [1.54, 1.807) is 0 Å². The van der Waals surface area contributed by atoms with Crippen LogP contribution in [-0.2, 0) is 4.79 Å². The van der Waals surface area contributed by atoms with E-state index in [1.165, 1.54) is 5.57 Å². The Balaban J connectivity index is 2.18. The van der Waals surface area contributed by atoms with Crippen molar-refractivity contribution in [2.75, 3.05) is 0 Å². The van der Waals surface area contributed by atoms with E-state index in [4.69, 9.17) is 0 Å². The maximum Gasteiger partial charge on any atom is 0.160 e. The van der Waals surface area contributed by atoms with Crippen LogP contribution >= 0.6 is 0 Å². The molecule has 0 aliphatic heterocycles. The first-order valence-electron chi connectivity index (χ1n) is 8.17. The standard InChI is InChI=1S/C19H27NO/c1-16(2)6-13-7-18(5)9-17(3,4)10-19(11-18,12-20)15(13)14(21)8-16/h6-11H2,1-5H3/t18-,19-/m1/s1. The number of carbonyl (C=O) groups is 1. The van der Waals surface area contributed by atoms with Gasteiger partial charge < -0.3 is 0 Å². The molecule has 0 heterocycles. The van der Waals surface area contributed by atoms with Crippen molar-refractivity contribution in [1.29, 1.82) is 5.26 Å². The number of Topliss-reactive ketones (excluding diaryl/α,β-unsaturated/α-hetero) is 1. The zero-order valence-corrected chi connectivity index (χ0v) is 14.1. The quantitative estimate of drug-likeness (QED) is 0.641. The Bertz CT molecular complexity index is 589. The summed E-state index contributed by atoms with van der Waals surface area (Å²) in [7, 11) is 0. The summed E-state index contributed by atoms with van der Waals surface area (Å²) in [4.78, 5) is 12.8. The van der Waals surface area contributed by atoms with E-state index >= 15 is 0 Å². The van der Waals surface area contributed by atoms with Crippen molar-refractivity contribution >= 4 is 5.78 Å². The molecular formula is C19H27NO.